The Bertz CT molecular complexity index is 970. The van der Waals surface area contributed by atoms with Gasteiger partial charge < -0.3 is 10.1 Å². The highest BCUT2D eigenvalue weighted by Gasteiger charge is 2.28. The lowest BCUT2D eigenvalue weighted by atomic mass is 10.1. The fraction of sp³-hybridized carbons (Fsp3) is 0.316. The molecule has 3 rings (SSSR count). The molecule has 0 radical (unpaired) electrons. The molecule has 1 N–H and O–H groups in total. The van der Waals surface area contributed by atoms with Gasteiger partial charge in [-0.15, -0.1) is 0 Å². The summed E-state index contributed by atoms with van der Waals surface area (Å²) in [6.07, 6.45) is 0. The van der Waals surface area contributed by atoms with E-state index in [-0.39, 0.29) is 10.5 Å². The van der Waals surface area contributed by atoms with Crippen molar-refractivity contribution in [2.75, 3.05) is 31.6 Å². The molecule has 6 nitrogen and oxygen atoms in total. The van der Waals surface area contributed by atoms with Crippen LogP contribution in [0.3, 0.4) is 0 Å². The number of morpholine rings is 1. The Morgan fingerprint density at radius 1 is 1.15 bits per heavy atom. The molecule has 0 aliphatic carbocycles. The van der Waals surface area contributed by atoms with E-state index in [1.807, 2.05) is 0 Å². The Morgan fingerprint density at radius 2 is 1.85 bits per heavy atom. The Kier molecular flexibility index (Phi) is 5.86. The third kappa shape index (κ3) is 4.16. The third-order valence-electron chi connectivity index (χ3n) is 4.55. The quantitative estimate of drug-likeness (QED) is 0.842. The first-order valence-corrected chi connectivity index (χ1v) is 10.4. The summed E-state index contributed by atoms with van der Waals surface area (Å²) in [6.45, 7) is 4.87. The van der Waals surface area contributed by atoms with Gasteiger partial charge in [-0.05, 0) is 49.2 Å². The molecule has 1 aliphatic rings. The third-order valence-corrected chi connectivity index (χ3v) is 7.00. The number of hydrogen-bond acceptors (Lipinski definition) is 4. The van der Waals surface area contributed by atoms with Crippen LogP contribution in [0.2, 0.25) is 5.02 Å². The minimum Gasteiger partial charge on any atom is -0.379 e. The first-order valence-electron chi connectivity index (χ1n) is 8.55. The number of benzene rings is 2. The van der Waals surface area contributed by atoms with Gasteiger partial charge >= 0.3 is 0 Å². The van der Waals surface area contributed by atoms with E-state index in [0.717, 1.165) is 5.56 Å². The second kappa shape index (κ2) is 7.98. The predicted molar refractivity (Wildman–Crippen MR) is 105 cm³/mol. The SMILES string of the molecule is Cc1ccc(C(=O)Nc2cccc(Cl)c2C)cc1S(=O)(=O)N1CCOCC1. The molecule has 0 atom stereocenters. The smallest absolute Gasteiger partial charge is 0.255 e. The van der Waals surface area contributed by atoms with E-state index in [1.54, 1.807) is 44.2 Å². The van der Waals surface area contributed by atoms with Crippen molar-refractivity contribution in [2.24, 2.45) is 0 Å². The van der Waals surface area contributed by atoms with E-state index in [9.17, 15) is 13.2 Å². The van der Waals surface area contributed by atoms with Crippen LogP contribution in [0.15, 0.2) is 41.3 Å². The molecule has 1 aliphatic heterocycles. The van der Waals surface area contributed by atoms with Gasteiger partial charge in [-0.1, -0.05) is 23.7 Å². The normalized spacial score (nSPS) is 15.5. The number of anilines is 1. The fourth-order valence-electron chi connectivity index (χ4n) is 2.88. The van der Waals surface area contributed by atoms with Gasteiger partial charge in [-0.3, -0.25) is 4.79 Å². The summed E-state index contributed by atoms with van der Waals surface area (Å²) in [5, 5.41) is 3.34. The molecule has 1 fully saturated rings. The van der Waals surface area contributed by atoms with Gasteiger partial charge in [0.2, 0.25) is 10.0 Å². The van der Waals surface area contributed by atoms with Crippen LogP contribution in [0.25, 0.3) is 0 Å². The van der Waals surface area contributed by atoms with Gasteiger partial charge in [-0.2, -0.15) is 4.31 Å². The van der Waals surface area contributed by atoms with Crippen LogP contribution < -0.4 is 5.32 Å². The van der Waals surface area contributed by atoms with Gasteiger partial charge in [0.15, 0.2) is 0 Å². The van der Waals surface area contributed by atoms with Crippen LogP contribution in [0.5, 0.6) is 0 Å². The number of sulfonamides is 1. The zero-order valence-electron chi connectivity index (χ0n) is 15.2. The van der Waals surface area contributed by atoms with Gasteiger partial charge in [0.1, 0.15) is 0 Å². The topological polar surface area (TPSA) is 75.7 Å². The van der Waals surface area contributed by atoms with Crippen LogP contribution in [0.4, 0.5) is 5.69 Å². The molecule has 144 valence electrons. The van der Waals surface area contributed by atoms with Crippen molar-refractivity contribution in [3.05, 3.63) is 58.1 Å². The number of hydrogen-bond donors (Lipinski definition) is 1. The molecule has 27 heavy (non-hydrogen) atoms. The number of halogens is 1. The summed E-state index contributed by atoms with van der Waals surface area (Å²) < 4.78 is 32.5. The van der Waals surface area contributed by atoms with Crippen LogP contribution in [-0.2, 0) is 14.8 Å². The van der Waals surface area contributed by atoms with Crippen LogP contribution >= 0.6 is 11.6 Å². The molecular weight excluding hydrogens is 388 g/mol. The van der Waals surface area contributed by atoms with Gasteiger partial charge in [0.25, 0.3) is 5.91 Å². The van der Waals surface area contributed by atoms with E-state index >= 15 is 0 Å². The first kappa shape index (κ1) is 19.8. The average molecular weight is 409 g/mol. The van der Waals surface area contributed by atoms with Crippen LogP contribution in [0.1, 0.15) is 21.5 Å². The number of carbonyl (C=O) groups excluding carboxylic acids is 1. The molecule has 1 heterocycles. The number of nitrogens with one attached hydrogen (secondary N) is 1. The second-order valence-corrected chi connectivity index (χ2v) is 8.68. The van der Waals surface area contributed by atoms with Crippen LogP contribution in [-0.4, -0.2) is 44.9 Å². The van der Waals surface area contributed by atoms with Gasteiger partial charge in [0.05, 0.1) is 18.1 Å². The maximum Gasteiger partial charge on any atom is 0.255 e. The van der Waals surface area contributed by atoms with Crippen LogP contribution in [0, 0.1) is 13.8 Å². The monoisotopic (exact) mass is 408 g/mol. The number of ether oxygens (including phenoxy) is 1. The van der Waals surface area contributed by atoms with Crippen molar-refractivity contribution < 1.29 is 17.9 Å². The zero-order valence-corrected chi connectivity index (χ0v) is 16.7. The Hall–Kier alpha value is -1.93. The molecular formula is C19H21ClN2O4S. The average Bonchev–Trinajstić information content (AvgIpc) is 2.66. The zero-order chi connectivity index (χ0) is 19.6. The molecule has 0 saturated carbocycles. The van der Waals surface area contributed by atoms with Crippen molar-refractivity contribution in [1.29, 1.82) is 0 Å². The summed E-state index contributed by atoms with van der Waals surface area (Å²) in [5.41, 5.74) is 2.20. The first-order chi connectivity index (χ1) is 12.8. The number of nitrogens with zero attached hydrogens (tertiary/aromatic N) is 1. The maximum absolute atomic E-state index is 13.0. The van der Waals surface area contributed by atoms with Crippen molar-refractivity contribution in [3.8, 4) is 0 Å². The lowest BCUT2D eigenvalue weighted by Gasteiger charge is -2.26. The van der Waals surface area contributed by atoms with Gasteiger partial charge in [-0.25, -0.2) is 8.42 Å². The molecule has 1 amide bonds. The molecule has 0 spiro atoms. The summed E-state index contributed by atoms with van der Waals surface area (Å²) in [4.78, 5) is 12.8. The molecule has 1 saturated heterocycles. The summed E-state index contributed by atoms with van der Waals surface area (Å²) >= 11 is 6.09. The minimum absolute atomic E-state index is 0.139. The molecule has 2 aromatic carbocycles. The van der Waals surface area contributed by atoms with E-state index < -0.39 is 15.9 Å². The minimum atomic E-state index is -3.68. The highest BCUT2D eigenvalue weighted by atomic mass is 35.5. The second-order valence-electron chi connectivity index (χ2n) is 6.36. The predicted octanol–water partition coefficient (Wildman–Crippen LogP) is 3.23. The molecule has 0 unspecified atom stereocenters. The fourth-order valence-corrected chi connectivity index (χ4v) is 4.72. The number of aryl methyl sites for hydroxylation is 1. The molecule has 8 heteroatoms. The lowest BCUT2D eigenvalue weighted by molar-refractivity contribution is 0.0730. The molecule has 2 aromatic rings. The highest BCUT2D eigenvalue weighted by Crippen LogP contribution is 2.25. The van der Waals surface area contributed by atoms with Gasteiger partial charge in [0, 0.05) is 29.4 Å². The summed E-state index contributed by atoms with van der Waals surface area (Å²) in [5.74, 6) is -0.390. The number of rotatable bonds is 4. The molecule has 0 aromatic heterocycles. The number of carbonyl (C=O) groups is 1. The van der Waals surface area contributed by atoms with Crippen molar-refractivity contribution in [3.63, 3.8) is 0 Å². The summed E-state index contributed by atoms with van der Waals surface area (Å²) in [7, 11) is -3.68. The maximum atomic E-state index is 13.0. The lowest BCUT2D eigenvalue weighted by Crippen LogP contribution is -2.40. The Morgan fingerprint density at radius 3 is 2.56 bits per heavy atom. The van der Waals surface area contributed by atoms with E-state index in [4.69, 9.17) is 16.3 Å². The standard InChI is InChI=1S/C19H21ClN2O4S/c1-13-6-7-15(19(23)21-17-5-3-4-16(20)14(17)2)12-18(13)27(24,25)22-8-10-26-11-9-22/h3-7,12H,8-11H2,1-2H3,(H,21,23). The van der Waals surface area contributed by atoms with Crippen molar-refractivity contribution in [2.45, 2.75) is 18.7 Å². The number of amides is 1. The largest absolute Gasteiger partial charge is 0.379 e. The Balaban J connectivity index is 1.90. The summed E-state index contributed by atoms with van der Waals surface area (Å²) in [6, 6.07) is 9.92. The van der Waals surface area contributed by atoms with E-state index in [2.05, 4.69) is 5.32 Å². The van der Waals surface area contributed by atoms with Crippen molar-refractivity contribution >= 4 is 33.2 Å². The highest BCUT2D eigenvalue weighted by molar-refractivity contribution is 7.89. The van der Waals surface area contributed by atoms with E-state index in [0.29, 0.717) is 42.6 Å². The molecule has 0 bridgehead atoms. The van der Waals surface area contributed by atoms with E-state index in [1.165, 1.54) is 10.4 Å². The Labute approximate surface area is 164 Å². The van der Waals surface area contributed by atoms with Crippen molar-refractivity contribution in [1.82, 2.24) is 4.31 Å².